The lowest BCUT2D eigenvalue weighted by atomic mass is 10.1. The second kappa shape index (κ2) is 5.74. The largest absolute Gasteiger partial charge is 0.459 e. The molecule has 0 fully saturated rings. The fourth-order valence-corrected chi connectivity index (χ4v) is 2.89. The van der Waals surface area contributed by atoms with Crippen molar-refractivity contribution in [2.45, 2.75) is 32.9 Å². The Balaban J connectivity index is 1.84. The van der Waals surface area contributed by atoms with Gasteiger partial charge in [-0.3, -0.25) is 0 Å². The molecule has 0 bridgehead atoms. The Labute approximate surface area is 125 Å². The van der Waals surface area contributed by atoms with Crippen LogP contribution in [0.4, 0.5) is 0 Å². The monoisotopic (exact) mass is 279 g/mol. The van der Waals surface area contributed by atoms with Gasteiger partial charge in [0.25, 0.3) is 0 Å². The van der Waals surface area contributed by atoms with E-state index in [0.717, 1.165) is 11.3 Å². The number of hydrogen-bond acceptors (Lipinski definition) is 2. The van der Waals surface area contributed by atoms with Gasteiger partial charge in [0.1, 0.15) is 11.3 Å². The predicted molar refractivity (Wildman–Crippen MR) is 87.4 cm³/mol. The van der Waals surface area contributed by atoms with Gasteiger partial charge in [0.2, 0.25) is 0 Å². The van der Waals surface area contributed by atoms with Crippen molar-refractivity contribution in [1.82, 2.24) is 5.32 Å². The molecular formula is C19H21NO. The fourth-order valence-electron chi connectivity index (χ4n) is 2.89. The molecule has 1 unspecified atom stereocenters. The van der Waals surface area contributed by atoms with Crippen molar-refractivity contribution in [3.05, 3.63) is 71.5 Å². The molecule has 1 N–H and O–H groups in total. The minimum atomic E-state index is 0.174. The lowest BCUT2D eigenvalue weighted by molar-refractivity contribution is 0.415. The van der Waals surface area contributed by atoms with Crippen LogP contribution in [-0.4, -0.2) is 0 Å². The van der Waals surface area contributed by atoms with Gasteiger partial charge in [-0.2, -0.15) is 0 Å². The van der Waals surface area contributed by atoms with Crippen molar-refractivity contribution in [3.8, 4) is 0 Å². The summed E-state index contributed by atoms with van der Waals surface area (Å²) in [6, 6.07) is 19.2. The zero-order chi connectivity index (χ0) is 14.8. The van der Waals surface area contributed by atoms with Crippen LogP contribution >= 0.6 is 0 Å². The highest BCUT2D eigenvalue weighted by molar-refractivity contribution is 5.82. The van der Waals surface area contributed by atoms with E-state index in [1.54, 1.807) is 0 Å². The Morgan fingerprint density at radius 3 is 2.24 bits per heavy atom. The Bertz CT molecular complexity index is 730. The summed E-state index contributed by atoms with van der Waals surface area (Å²) in [5, 5.41) is 4.82. The van der Waals surface area contributed by atoms with Crippen LogP contribution in [0.5, 0.6) is 0 Å². The zero-order valence-corrected chi connectivity index (χ0v) is 12.8. The first kappa shape index (κ1) is 13.9. The van der Waals surface area contributed by atoms with E-state index in [1.165, 1.54) is 16.5 Å². The molecule has 0 aliphatic heterocycles. The first-order valence-corrected chi connectivity index (χ1v) is 7.46. The quantitative estimate of drug-likeness (QED) is 0.714. The van der Waals surface area contributed by atoms with Crippen LogP contribution in [0, 0.1) is 6.92 Å². The number of nitrogens with one attached hydrogen (secondary N) is 1. The highest BCUT2D eigenvalue weighted by atomic mass is 16.3. The standard InChI is InChI=1S/C19H21NO/c1-13-17-11-7-8-12-18(17)21-19(13)15(3)20-14(2)16-9-5-4-6-10-16/h4-12,14-15,20H,1-3H3/t14-,15?/m1/s1. The fraction of sp³-hybridized carbons (Fsp3) is 0.263. The third kappa shape index (κ3) is 2.72. The molecule has 3 aromatic rings. The third-order valence-electron chi connectivity index (χ3n) is 4.07. The summed E-state index contributed by atoms with van der Waals surface area (Å²) in [5.74, 6) is 1.03. The van der Waals surface area contributed by atoms with Crippen LogP contribution < -0.4 is 5.32 Å². The van der Waals surface area contributed by atoms with Crippen LogP contribution in [-0.2, 0) is 0 Å². The predicted octanol–water partition coefficient (Wildman–Crippen LogP) is 5.15. The van der Waals surface area contributed by atoms with E-state index in [-0.39, 0.29) is 12.1 Å². The van der Waals surface area contributed by atoms with Crippen molar-refractivity contribution in [2.24, 2.45) is 0 Å². The molecule has 3 rings (SSSR count). The number of aryl methyl sites for hydroxylation is 1. The number of hydrogen-bond donors (Lipinski definition) is 1. The number of furan rings is 1. The van der Waals surface area contributed by atoms with E-state index >= 15 is 0 Å². The van der Waals surface area contributed by atoms with Crippen LogP contribution in [0.15, 0.2) is 59.0 Å². The van der Waals surface area contributed by atoms with Gasteiger partial charge in [0.15, 0.2) is 0 Å². The van der Waals surface area contributed by atoms with Crippen molar-refractivity contribution < 1.29 is 4.42 Å². The third-order valence-corrected chi connectivity index (χ3v) is 4.07. The van der Waals surface area contributed by atoms with Gasteiger partial charge >= 0.3 is 0 Å². The maximum atomic E-state index is 6.03. The van der Waals surface area contributed by atoms with Gasteiger partial charge < -0.3 is 9.73 Å². The van der Waals surface area contributed by atoms with Gasteiger partial charge in [0, 0.05) is 11.4 Å². The minimum absolute atomic E-state index is 0.174. The lowest BCUT2D eigenvalue weighted by Gasteiger charge is -2.19. The van der Waals surface area contributed by atoms with Gasteiger partial charge in [-0.25, -0.2) is 0 Å². The van der Waals surface area contributed by atoms with Crippen molar-refractivity contribution in [3.63, 3.8) is 0 Å². The van der Waals surface area contributed by atoms with E-state index in [0.29, 0.717) is 0 Å². The molecule has 2 aromatic carbocycles. The van der Waals surface area contributed by atoms with E-state index in [1.807, 2.05) is 18.2 Å². The smallest absolute Gasteiger partial charge is 0.134 e. The van der Waals surface area contributed by atoms with E-state index in [4.69, 9.17) is 4.42 Å². The molecule has 1 heterocycles. The van der Waals surface area contributed by atoms with Gasteiger partial charge in [-0.05, 0) is 38.0 Å². The molecule has 2 nitrogen and oxygen atoms in total. The molecule has 0 radical (unpaired) electrons. The minimum Gasteiger partial charge on any atom is -0.459 e. The molecule has 1 aromatic heterocycles. The molecule has 0 amide bonds. The highest BCUT2D eigenvalue weighted by Gasteiger charge is 2.18. The number of rotatable bonds is 4. The van der Waals surface area contributed by atoms with Crippen LogP contribution in [0.2, 0.25) is 0 Å². The van der Waals surface area contributed by atoms with Crippen molar-refractivity contribution in [1.29, 1.82) is 0 Å². The second-order valence-corrected chi connectivity index (χ2v) is 5.61. The summed E-state index contributed by atoms with van der Waals surface area (Å²) in [6.45, 7) is 6.47. The summed E-state index contributed by atoms with van der Waals surface area (Å²) < 4.78 is 6.03. The van der Waals surface area contributed by atoms with E-state index < -0.39 is 0 Å². The molecule has 0 spiro atoms. The molecule has 0 aliphatic rings. The molecule has 0 saturated heterocycles. The summed E-state index contributed by atoms with van der Waals surface area (Å²) in [7, 11) is 0. The zero-order valence-electron chi connectivity index (χ0n) is 12.8. The molecular weight excluding hydrogens is 258 g/mol. The van der Waals surface area contributed by atoms with Crippen molar-refractivity contribution >= 4 is 11.0 Å². The number of para-hydroxylation sites is 1. The normalized spacial score (nSPS) is 14.2. The first-order valence-electron chi connectivity index (χ1n) is 7.46. The lowest BCUT2D eigenvalue weighted by Crippen LogP contribution is -2.22. The second-order valence-electron chi connectivity index (χ2n) is 5.61. The SMILES string of the molecule is Cc1c(C(C)N[C@H](C)c2ccccc2)oc2ccccc12. The highest BCUT2D eigenvalue weighted by Crippen LogP contribution is 2.30. The molecule has 0 saturated carbocycles. The van der Waals surface area contributed by atoms with E-state index in [2.05, 4.69) is 62.5 Å². The molecule has 108 valence electrons. The summed E-state index contributed by atoms with van der Waals surface area (Å²) in [5.41, 5.74) is 3.48. The van der Waals surface area contributed by atoms with Gasteiger partial charge in [-0.1, -0.05) is 48.5 Å². The van der Waals surface area contributed by atoms with Crippen LogP contribution in [0.25, 0.3) is 11.0 Å². The number of fused-ring (bicyclic) bond motifs is 1. The summed E-state index contributed by atoms with van der Waals surface area (Å²) >= 11 is 0. The van der Waals surface area contributed by atoms with Gasteiger partial charge in [-0.15, -0.1) is 0 Å². The molecule has 21 heavy (non-hydrogen) atoms. The molecule has 0 aliphatic carbocycles. The maximum absolute atomic E-state index is 6.03. The van der Waals surface area contributed by atoms with Gasteiger partial charge in [0.05, 0.1) is 6.04 Å². The average molecular weight is 279 g/mol. The van der Waals surface area contributed by atoms with Crippen molar-refractivity contribution in [2.75, 3.05) is 0 Å². The Hall–Kier alpha value is -2.06. The average Bonchev–Trinajstić information content (AvgIpc) is 2.86. The van der Waals surface area contributed by atoms with E-state index in [9.17, 15) is 0 Å². The Morgan fingerprint density at radius 2 is 1.52 bits per heavy atom. The molecule has 2 heteroatoms. The topological polar surface area (TPSA) is 25.2 Å². The Kier molecular flexibility index (Phi) is 3.80. The summed E-state index contributed by atoms with van der Waals surface area (Å²) in [6.07, 6.45) is 0. The maximum Gasteiger partial charge on any atom is 0.134 e. The van der Waals surface area contributed by atoms with Crippen LogP contribution in [0.1, 0.15) is 42.8 Å². The number of benzene rings is 2. The Morgan fingerprint density at radius 1 is 0.857 bits per heavy atom. The summed E-state index contributed by atoms with van der Waals surface area (Å²) in [4.78, 5) is 0. The van der Waals surface area contributed by atoms with Crippen LogP contribution in [0.3, 0.4) is 0 Å². The molecule has 2 atom stereocenters. The first-order chi connectivity index (χ1) is 10.2.